The molecule has 0 spiro atoms. The number of aliphatic hydroxyl groups is 1. The molecule has 0 saturated carbocycles. The van der Waals surface area contributed by atoms with E-state index in [1.165, 1.54) is 0 Å². The average molecular weight is 450 g/mol. The van der Waals surface area contributed by atoms with Gasteiger partial charge in [0.1, 0.15) is 23.3 Å². The van der Waals surface area contributed by atoms with Crippen molar-refractivity contribution in [3.63, 3.8) is 0 Å². The Morgan fingerprint density at radius 2 is 2.00 bits per heavy atom. The summed E-state index contributed by atoms with van der Waals surface area (Å²) in [6, 6.07) is 2.66. The Labute approximate surface area is 194 Å². The second-order valence-corrected chi connectivity index (χ2v) is 11.2. The van der Waals surface area contributed by atoms with E-state index in [-0.39, 0.29) is 18.2 Å². The molecule has 6 rings (SSSR count). The number of benzene rings is 1. The summed E-state index contributed by atoms with van der Waals surface area (Å²) in [6.07, 6.45) is 7.42. The Bertz CT molecular complexity index is 1150. The molecule has 174 valence electrons. The van der Waals surface area contributed by atoms with Crippen molar-refractivity contribution in [2.45, 2.75) is 75.9 Å². The van der Waals surface area contributed by atoms with E-state index in [0.29, 0.717) is 30.0 Å². The zero-order valence-corrected chi connectivity index (χ0v) is 19.6. The third-order valence-corrected chi connectivity index (χ3v) is 8.52. The number of rotatable bonds is 2. The molecule has 5 aliphatic heterocycles. The molecule has 3 fully saturated rings. The Kier molecular flexibility index (Phi) is 3.78. The van der Waals surface area contributed by atoms with Crippen LogP contribution in [0.4, 0.5) is 5.69 Å². The summed E-state index contributed by atoms with van der Waals surface area (Å²) in [5.74, 6) is 0.496. The number of piperazine rings is 1. The number of amides is 2. The molecule has 0 unspecified atom stereocenters. The van der Waals surface area contributed by atoms with Crippen molar-refractivity contribution >= 4 is 23.6 Å². The van der Waals surface area contributed by atoms with Crippen LogP contribution < -0.4 is 10.1 Å². The molecular weight excluding hydrogens is 418 g/mol. The van der Waals surface area contributed by atoms with Gasteiger partial charge in [-0.1, -0.05) is 38.1 Å². The monoisotopic (exact) mass is 449 g/mol. The Morgan fingerprint density at radius 1 is 1.24 bits per heavy atom. The molecule has 7 nitrogen and oxygen atoms in total. The summed E-state index contributed by atoms with van der Waals surface area (Å²) >= 11 is 0. The highest BCUT2D eigenvalue weighted by Gasteiger charge is 2.76. The molecule has 5 heterocycles. The number of carbonyl (C=O) groups excluding carboxylic acids is 2. The molecule has 1 aromatic carbocycles. The van der Waals surface area contributed by atoms with E-state index < -0.39 is 34.4 Å². The largest absolute Gasteiger partial charge is 0.481 e. The molecule has 0 bridgehead atoms. The van der Waals surface area contributed by atoms with Gasteiger partial charge in [-0.2, -0.15) is 0 Å². The minimum Gasteiger partial charge on any atom is -0.481 e. The van der Waals surface area contributed by atoms with Crippen LogP contribution in [0.3, 0.4) is 0 Å². The van der Waals surface area contributed by atoms with Crippen molar-refractivity contribution < 1.29 is 19.4 Å². The van der Waals surface area contributed by atoms with Crippen LogP contribution in [0.2, 0.25) is 0 Å². The number of hydrogen-bond acceptors (Lipinski definition) is 5. The van der Waals surface area contributed by atoms with E-state index in [1.54, 1.807) is 15.9 Å². The lowest BCUT2D eigenvalue weighted by Crippen LogP contribution is -2.73. The molecule has 2 N–H and O–H groups in total. The van der Waals surface area contributed by atoms with E-state index in [1.807, 2.05) is 52.0 Å². The van der Waals surface area contributed by atoms with Crippen molar-refractivity contribution in [2.75, 3.05) is 11.9 Å². The van der Waals surface area contributed by atoms with Crippen molar-refractivity contribution in [1.82, 2.24) is 9.80 Å². The van der Waals surface area contributed by atoms with Crippen LogP contribution in [-0.4, -0.2) is 56.6 Å². The summed E-state index contributed by atoms with van der Waals surface area (Å²) in [5.41, 5.74) is -1.75. The first-order valence-corrected chi connectivity index (χ1v) is 11.8. The molecule has 5 aliphatic rings. The number of nitrogens with zero attached hydrogens (tertiary/aromatic N) is 2. The van der Waals surface area contributed by atoms with Crippen LogP contribution in [0.15, 0.2) is 30.9 Å². The second kappa shape index (κ2) is 6.00. The van der Waals surface area contributed by atoms with Crippen LogP contribution in [0.5, 0.6) is 5.75 Å². The average Bonchev–Trinajstić information content (AvgIpc) is 3.41. The molecule has 1 aromatic rings. The minimum absolute atomic E-state index is 0.0687. The smallest absolute Gasteiger partial charge is 0.248 e. The Hall–Kier alpha value is -2.80. The fourth-order valence-electron chi connectivity index (χ4n) is 6.81. The first kappa shape index (κ1) is 20.8. The third-order valence-electron chi connectivity index (χ3n) is 8.52. The fourth-order valence-corrected chi connectivity index (χ4v) is 6.81. The maximum atomic E-state index is 13.9. The summed E-state index contributed by atoms with van der Waals surface area (Å²) in [7, 11) is 0. The Balaban J connectivity index is 1.60. The van der Waals surface area contributed by atoms with Gasteiger partial charge in [0.15, 0.2) is 11.4 Å². The minimum atomic E-state index is -1.49. The maximum absolute atomic E-state index is 13.9. The van der Waals surface area contributed by atoms with Gasteiger partial charge >= 0.3 is 0 Å². The highest BCUT2D eigenvalue weighted by Crippen LogP contribution is 2.65. The molecular formula is C26H31N3O4. The first-order chi connectivity index (χ1) is 15.5. The SMILES string of the molecule is C=CC(C)(C)[C@]12Nc3c(ccc4c3OC(C)(C)C=C4)[C@]1(O)C[C@H]1C(=O)N3CCC[C@@H]3C(=O)N12. The quantitative estimate of drug-likeness (QED) is 0.679. The van der Waals surface area contributed by atoms with Gasteiger partial charge < -0.3 is 25.0 Å². The molecule has 3 saturated heterocycles. The predicted octanol–water partition coefficient (Wildman–Crippen LogP) is 3.00. The van der Waals surface area contributed by atoms with Crippen LogP contribution in [-0.2, 0) is 15.2 Å². The topological polar surface area (TPSA) is 82.1 Å². The van der Waals surface area contributed by atoms with Crippen molar-refractivity contribution in [3.05, 3.63) is 42.0 Å². The van der Waals surface area contributed by atoms with Gasteiger partial charge in [0.2, 0.25) is 11.8 Å². The van der Waals surface area contributed by atoms with Gasteiger partial charge in [-0.05, 0) is 32.8 Å². The lowest BCUT2D eigenvalue weighted by atomic mass is 9.68. The fraction of sp³-hybridized carbons (Fsp3) is 0.538. The molecule has 2 amide bonds. The number of anilines is 1. The molecule has 0 aliphatic carbocycles. The van der Waals surface area contributed by atoms with E-state index in [2.05, 4.69) is 11.9 Å². The Morgan fingerprint density at radius 3 is 2.73 bits per heavy atom. The van der Waals surface area contributed by atoms with E-state index >= 15 is 0 Å². The van der Waals surface area contributed by atoms with Gasteiger partial charge in [0.05, 0.1) is 5.69 Å². The molecule has 0 radical (unpaired) electrons. The van der Waals surface area contributed by atoms with Gasteiger partial charge in [-0.25, -0.2) is 0 Å². The highest BCUT2D eigenvalue weighted by atomic mass is 16.5. The molecule has 4 atom stereocenters. The van der Waals surface area contributed by atoms with Crippen molar-refractivity contribution in [3.8, 4) is 5.75 Å². The summed E-state index contributed by atoms with van der Waals surface area (Å²) in [4.78, 5) is 30.8. The number of fused-ring (bicyclic) bond motifs is 8. The van der Waals surface area contributed by atoms with Crippen molar-refractivity contribution in [2.24, 2.45) is 5.41 Å². The van der Waals surface area contributed by atoms with Gasteiger partial charge in [-0.3, -0.25) is 9.59 Å². The van der Waals surface area contributed by atoms with Gasteiger partial charge in [0.25, 0.3) is 0 Å². The third kappa shape index (κ3) is 2.24. The molecule has 7 heteroatoms. The van der Waals surface area contributed by atoms with Crippen LogP contribution in [0, 0.1) is 5.41 Å². The molecule has 0 aromatic heterocycles. The van der Waals surface area contributed by atoms with E-state index in [4.69, 9.17) is 4.74 Å². The summed E-state index contributed by atoms with van der Waals surface area (Å²) in [6.45, 7) is 12.5. The summed E-state index contributed by atoms with van der Waals surface area (Å²) < 4.78 is 6.35. The zero-order chi connectivity index (χ0) is 23.6. The van der Waals surface area contributed by atoms with Crippen LogP contribution in [0.25, 0.3) is 6.08 Å². The predicted molar refractivity (Wildman–Crippen MR) is 124 cm³/mol. The van der Waals surface area contributed by atoms with Crippen LogP contribution >= 0.6 is 0 Å². The second-order valence-electron chi connectivity index (χ2n) is 11.2. The van der Waals surface area contributed by atoms with Crippen LogP contribution in [0.1, 0.15) is 58.1 Å². The molecule has 33 heavy (non-hydrogen) atoms. The number of ether oxygens (including phenoxy) is 1. The van der Waals surface area contributed by atoms with Crippen molar-refractivity contribution in [1.29, 1.82) is 0 Å². The highest BCUT2D eigenvalue weighted by molar-refractivity contribution is 6.00. The number of nitrogens with one attached hydrogen (secondary N) is 1. The summed E-state index contributed by atoms with van der Waals surface area (Å²) in [5, 5.41) is 16.1. The lowest BCUT2D eigenvalue weighted by molar-refractivity contribution is -0.169. The van der Waals surface area contributed by atoms with Gasteiger partial charge in [0, 0.05) is 29.5 Å². The van der Waals surface area contributed by atoms with E-state index in [0.717, 1.165) is 12.0 Å². The van der Waals surface area contributed by atoms with E-state index in [9.17, 15) is 14.7 Å². The lowest BCUT2D eigenvalue weighted by Gasteiger charge is -2.54. The number of carbonyl (C=O) groups is 2. The first-order valence-electron chi connectivity index (χ1n) is 11.8. The van der Waals surface area contributed by atoms with Gasteiger partial charge in [-0.15, -0.1) is 6.58 Å². The standard InChI is InChI=1S/C26H31N3O4/c1-6-23(2,3)26-25(32,14-18-21(30)28-13-7-8-17(28)22(31)29(18)26)16-10-9-15-11-12-24(4,5)33-20(15)19(16)27-26/h6,9-12,17-18,27,32H,1,7-8,13-14H2,2-5H3/t17-,18+,25-,26-/m1/s1. The zero-order valence-electron chi connectivity index (χ0n) is 19.6. The normalized spacial score (nSPS) is 35.3. The maximum Gasteiger partial charge on any atom is 0.248 e. The number of hydrogen-bond donors (Lipinski definition) is 2.